The highest BCUT2D eigenvalue weighted by atomic mass is 31.1. The number of hydrogen-bond donors (Lipinski definition) is 0. The van der Waals surface area contributed by atoms with Crippen LogP contribution in [-0.4, -0.2) is 37.7 Å². The molecule has 0 bridgehead atoms. The van der Waals surface area contributed by atoms with Crippen LogP contribution in [0.5, 0.6) is 11.5 Å². The highest BCUT2D eigenvalue weighted by molar-refractivity contribution is 7.28. The molecule has 184 valence electrons. The van der Waals surface area contributed by atoms with E-state index in [1.807, 2.05) is 0 Å². The number of carbonyl (C=O) groups is 2. The topological polar surface area (TPSA) is 78.9 Å². The standard InChI is InChI=1S/C26H39O6P/c1-6-8-13-19(7-2)18-32-24(28)25(3,33-29)26(16-10-9-11-17-26)23(27)22-20(30-4)14-12-15-21(22)31-5/h12,14-15,19H,6-11,13,16-18H2,1-5H3. The molecule has 0 aromatic heterocycles. The van der Waals surface area contributed by atoms with E-state index in [0.29, 0.717) is 29.9 Å². The molecule has 2 rings (SSSR count). The van der Waals surface area contributed by atoms with Gasteiger partial charge in [0.2, 0.25) is 0 Å². The van der Waals surface area contributed by atoms with E-state index < -0.39 is 25.0 Å². The number of esters is 1. The van der Waals surface area contributed by atoms with Gasteiger partial charge in [-0.3, -0.25) is 14.2 Å². The largest absolute Gasteiger partial charge is 0.496 e. The second-order valence-electron chi connectivity index (χ2n) is 9.19. The van der Waals surface area contributed by atoms with E-state index in [4.69, 9.17) is 14.2 Å². The molecule has 1 fully saturated rings. The molecule has 0 radical (unpaired) electrons. The molecule has 1 aromatic rings. The summed E-state index contributed by atoms with van der Waals surface area (Å²) in [7, 11) is 2.59. The van der Waals surface area contributed by atoms with Gasteiger partial charge in [-0.25, -0.2) is 0 Å². The number of hydrogen-bond acceptors (Lipinski definition) is 6. The SMILES string of the molecule is CCCCC(CC)COC(=O)C(C)(P=O)C1(C(=O)c2c(OC)cccc2OC)CCCCC1. The van der Waals surface area contributed by atoms with E-state index in [0.717, 1.165) is 44.9 Å². The van der Waals surface area contributed by atoms with Crippen molar-refractivity contribution in [1.82, 2.24) is 0 Å². The van der Waals surface area contributed by atoms with Crippen LogP contribution in [0.3, 0.4) is 0 Å². The molecule has 0 aliphatic heterocycles. The summed E-state index contributed by atoms with van der Waals surface area (Å²) < 4.78 is 29.4. The van der Waals surface area contributed by atoms with Gasteiger partial charge in [0.15, 0.2) is 19.4 Å². The molecule has 2 unspecified atom stereocenters. The van der Waals surface area contributed by atoms with Gasteiger partial charge in [-0.05, 0) is 44.2 Å². The Morgan fingerprint density at radius 1 is 1.09 bits per heavy atom. The number of carbonyl (C=O) groups excluding carboxylic acids is 2. The Labute approximate surface area is 200 Å². The van der Waals surface area contributed by atoms with Crippen LogP contribution in [0.4, 0.5) is 0 Å². The van der Waals surface area contributed by atoms with E-state index in [9.17, 15) is 14.2 Å². The number of benzene rings is 1. The average molecular weight is 479 g/mol. The lowest BCUT2D eigenvalue weighted by molar-refractivity contribution is -0.151. The van der Waals surface area contributed by atoms with Crippen molar-refractivity contribution in [2.75, 3.05) is 20.8 Å². The number of Topliss-reactive ketones (excluding diaryl/α,β-unsaturated/α-hetero) is 1. The molecule has 1 aromatic carbocycles. The van der Waals surface area contributed by atoms with E-state index in [-0.39, 0.29) is 18.3 Å². The normalized spacial score (nSPS) is 18.2. The number of ether oxygens (including phenoxy) is 3. The summed E-state index contributed by atoms with van der Waals surface area (Å²) in [5.41, 5.74) is -0.875. The Morgan fingerprint density at radius 3 is 2.18 bits per heavy atom. The second-order valence-corrected chi connectivity index (χ2v) is 10.3. The first-order valence-corrected chi connectivity index (χ1v) is 12.9. The molecule has 6 nitrogen and oxygen atoms in total. The van der Waals surface area contributed by atoms with Crippen molar-refractivity contribution in [1.29, 1.82) is 0 Å². The van der Waals surface area contributed by atoms with Crippen LogP contribution in [0.1, 0.15) is 88.9 Å². The van der Waals surface area contributed by atoms with Gasteiger partial charge in [-0.15, -0.1) is 0 Å². The molecule has 2 atom stereocenters. The fraction of sp³-hybridized carbons (Fsp3) is 0.692. The van der Waals surface area contributed by atoms with Crippen molar-refractivity contribution in [3.63, 3.8) is 0 Å². The summed E-state index contributed by atoms with van der Waals surface area (Å²) >= 11 is 0. The van der Waals surface area contributed by atoms with Gasteiger partial charge in [0.05, 0.1) is 26.2 Å². The van der Waals surface area contributed by atoms with Crippen LogP contribution in [0, 0.1) is 11.3 Å². The zero-order valence-corrected chi connectivity index (χ0v) is 21.7. The molecule has 1 aliphatic rings. The molecule has 0 amide bonds. The predicted molar refractivity (Wildman–Crippen MR) is 130 cm³/mol. The van der Waals surface area contributed by atoms with Crippen molar-refractivity contribution in [2.24, 2.45) is 11.3 Å². The third-order valence-electron chi connectivity index (χ3n) is 7.30. The zero-order chi connectivity index (χ0) is 24.5. The molecule has 33 heavy (non-hydrogen) atoms. The fourth-order valence-corrected chi connectivity index (χ4v) is 5.60. The highest BCUT2D eigenvalue weighted by Gasteiger charge is 2.60. The van der Waals surface area contributed by atoms with Crippen molar-refractivity contribution in [3.8, 4) is 11.5 Å². The third-order valence-corrected chi connectivity index (χ3v) is 8.28. The van der Waals surface area contributed by atoms with Crippen LogP contribution in [0.25, 0.3) is 0 Å². The van der Waals surface area contributed by atoms with Crippen LogP contribution in [0.2, 0.25) is 0 Å². The maximum Gasteiger partial charge on any atom is 0.324 e. The minimum atomic E-state index is -1.50. The maximum absolute atomic E-state index is 14.2. The van der Waals surface area contributed by atoms with Crippen molar-refractivity contribution < 1.29 is 28.4 Å². The summed E-state index contributed by atoms with van der Waals surface area (Å²) in [6.45, 7) is 6.11. The molecule has 0 spiro atoms. The smallest absolute Gasteiger partial charge is 0.324 e. The van der Waals surface area contributed by atoms with Gasteiger partial charge < -0.3 is 14.2 Å². The Bertz CT molecular complexity index is 795. The lowest BCUT2D eigenvalue weighted by Crippen LogP contribution is -2.54. The lowest BCUT2D eigenvalue weighted by atomic mass is 9.61. The van der Waals surface area contributed by atoms with Crippen molar-refractivity contribution in [2.45, 2.75) is 83.7 Å². The molecule has 0 N–H and O–H groups in total. The van der Waals surface area contributed by atoms with Gasteiger partial charge in [0.25, 0.3) is 0 Å². The van der Waals surface area contributed by atoms with Gasteiger partial charge in [0.1, 0.15) is 17.1 Å². The monoisotopic (exact) mass is 478 g/mol. The van der Waals surface area contributed by atoms with E-state index >= 15 is 0 Å². The molecule has 1 saturated carbocycles. The average Bonchev–Trinajstić information content (AvgIpc) is 2.87. The quantitative estimate of drug-likeness (QED) is 0.179. The Hall–Kier alpha value is -1.94. The third kappa shape index (κ3) is 5.59. The highest BCUT2D eigenvalue weighted by Crippen LogP contribution is 2.55. The van der Waals surface area contributed by atoms with Gasteiger partial charge >= 0.3 is 5.97 Å². The van der Waals surface area contributed by atoms with E-state index in [1.54, 1.807) is 25.1 Å². The Kier molecular flexibility index (Phi) is 10.3. The first-order valence-electron chi connectivity index (χ1n) is 12.1. The second kappa shape index (κ2) is 12.5. The minimum absolute atomic E-state index is 0.258. The Balaban J connectivity index is 2.47. The molecule has 1 aliphatic carbocycles. The van der Waals surface area contributed by atoms with Gasteiger partial charge in [0, 0.05) is 0 Å². The predicted octanol–water partition coefficient (Wildman–Crippen LogP) is 6.65. The number of ketones is 1. The molecule has 0 heterocycles. The first kappa shape index (κ1) is 27.3. The van der Waals surface area contributed by atoms with Crippen molar-refractivity contribution >= 4 is 20.2 Å². The van der Waals surface area contributed by atoms with Crippen LogP contribution < -0.4 is 9.47 Å². The first-order chi connectivity index (χ1) is 15.8. The van der Waals surface area contributed by atoms with Crippen molar-refractivity contribution in [3.05, 3.63) is 23.8 Å². The van der Waals surface area contributed by atoms with Gasteiger partial charge in [-0.1, -0.05) is 58.4 Å². The number of rotatable bonds is 13. The van der Waals surface area contributed by atoms with Crippen LogP contribution >= 0.6 is 8.46 Å². The minimum Gasteiger partial charge on any atom is -0.496 e. The summed E-state index contributed by atoms with van der Waals surface area (Å²) in [6, 6.07) is 5.16. The Morgan fingerprint density at radius 2 is 1.70 bits per heavy atom. The lowest BCUT2D eigenvalue weighted by Gasteiger charge is -2.44. The summed E-state index contributed by atoms with van der Waals surface area (Å²) in [5.74, 6) is 0.186. The van der Waals surface area contributed by atoms with Crippen LogP contribution in [-0.2, 0) is 14.1 Å². The van der Waals surface area contributed by atoms with E-state index in [2.05, 4.69) is 13.8 Å². The van der Waals surface area contributed by atoms with E-state index in [1.165, 1.54) is 14.2 Å². The molecular weight excluding hydrogens is 439 g/mol. The molecule has 0 saturated heterocycles. The summed E-state index contributed by atoms with van der Waals surface area (Å²) in [4.78, 5) is 27.7. The fourth-order valence-electron chi connectivity index (χ4n) is 4.96. The molecule has 7 heteroatoms. The zero-order valence-electron chi connectivity index (χ0n) is 20.8. The summed E-state index contributed by atoms with van der Waals surface area (Å²) in [6.07, 6.45) is 7.47. The number of methoxy groups -OCH3 is 2. The number of unbranched alkanes of at least 4 members (excludes halogenated alkanes) is 1. The van der Waals surface area contributed by atoms with Crippen LogP contribution in [0.15, 0.2) is 18.2 Å². The molecular formula is C26H39O6P. The summed E-state index contributed by atoms with van der Waals surface area (Å²) in [5, 5.41) is -1.50. The van der Waals surface area contributed by atoms with Gasteiger partial charge in [-0.2, -0.15) is 0 Å². The maximum atomic E-state index is 14.2.